The fraction of sp³-hybridized carbons (Fsp3) is 0.765. The lowest BCUT2D eigenvalue weighted by atomic mass is 10.0. The molecule has 1 aromatic rings. The van der Waals surface area contributed by atoms with Crippen LogP contribution in [0.5, 0.6) is 0 Å². The highest BCUT2D eigenvalue weighted by molar-refractivity contribution is 7.97. The van der Waals surface area contributed by atoms with Crippen LogP contribution in [-0.4, -0.2) is 64.6 Å². The van der Waals surface area contributed by atoms with Crippen molar-refractivity contribution in [1.29, 1.82) is 0 Å². The maximum Gasteiger partial charge on any atom is 0.451 e. The van der Waals surface area contributed by atoms with E-state index in [-0.39, 0.29) is 0 Å². The molecule has 4 heterocycles. The summed E-state index contributed by atoms with van der Waals surface area (Å²) in [6.45, 7) is 7.52. The van der Waals surface area contributed by atoms with Crippen LogP contribution >= 0.6 is 11.9 Å². The number of fused-ring (bicyclic) bond motifs is 1. The number of aryl methyl sites for hydroxylation is 1. The summed E-state index contributed by atoms with van der Waals surface area (Å²) in [7, 11) is 0. The van der Waals surface area contributed by atoms with Gasteiger partial charge in [-0.25, -0.2) is 14.3 Å². The van der Waals surface area contributed by atoms with Gasteiger partial charge in [-0.1, -0.05) is 0 Å². The minimum absolute atomic E-state index is 0.387. The topological polar surface area (TPSA) is 41.5 Å². The second-order valence-electron chi connectivity index (χ2n) is 7.40. The lowest BCUT2D eigenvalue weighted by Crippen LogP contribution is -2.39. The predicted molar refractivity (Wildman–Crippen MR) is 91.6 cm³/mol. The number of rotatable bonds is 3. The molecule has 26 heavy (non-hydrogen) atoms. The third kappa shape index (κ3) is 3.85. The van der Waals surface area contributed by atoms with E-state index in [0.29, 0.717) is 28.5 Å². The Morgan fingerprint density at radius 1 is 1.12 bits per heavy atom. The van der Waals surface area contributed by atoms with E-state index in [1.165, 1.54) is 18.1 Å². The average Bonchev–Trinajstić information content (AvgIpc) is 3.15. The highest BCUT2D eigenvalue weighted by Gasteiger charge is 2.42. The molecule has 3 saturated heterocycles. The van der Waals surface area contributed by atoms with Crippen molar-refractivity contribution in [2.75, 3.05) is 39.4 Å². The molecule has 5 nitrogen and oxygen atoms in total. The first-order chi connectivity index (χ1) is 12.4. The molecule has 0 amide bonds. The Balaban J connectivity index is 1.34. The van der Waals surface area contributed by atoms with Gasteiger partial charge in [0.05, 0.1) is 10.6 Å². The highest BCUT2D eigenvalue weighted by atomic mass is 32.2. The standard InChI is InChI=1S/C17H23F3N4OS/c1-11-15(6-21-16(22-11)17(18,19)20)26-24-9-12-7-23(8-13(12)10-24)14-2-4-25-5-3-14/h6,12-14H,2-5,7-10H2,1H3. The Bertz CT molecular complexity index is 639. The van der Waals surface area contributed by atoms with Crippen molar-refractivity contribution >= 4 is 11.9 Å². The maximum atomic E-state index is 12.7. The summed E-state index contributed by atoms with van der Waals surface area (Å²) in [6.07, 6.45) is -0.940. The van der Waals surface area contributed by atoms with Crippen LogP contribution in [-0.2, 0) is 10.9 Å². The normalized spacial score (nSPS) is 28.6. The van der Waals surface area contributed by atoms with Gasteiger partial charge < -0.3 is 4.74 Å². The molecule has 3 fully saturated rings. The number of halogens is 3. The minimum Gasteiger partial charge on any atom is -0.381 e. The monoisotopic (exact) mass is 388 g/mol. The first kappa shape index (κ1) is 18.5. The molecule has 0 radical (unpaired) electrons. The van der Waals surface area contributed by atoms with Crippen LogP contribution in [0.25, 0.3) is 0 Å². The van der Waals surface area contributed by atoms with Gasteiger partial charge in [0, 0.05) is 51.6 Å². The zero-order chi connectivity index (χ0) is 18.3. The molecule has 4 rings (SSSR count). The summed E-state index contributed by atoms with van der Waals surface area (Å²) < 4.78 is 45.8. The second kappa shape index (κ2) is 7.26. The Kier molecular flexibility index (Phi) is 5.15. The van der Waals surface area contributed by atoms with Crippen molar-refractivity contribution in [3.63, 3.8) is 0 Å². The maximum absolute atomic E-state index is 12.7. The van der Waals surface area contributed by atoms with Crippen molar-refractivity contribution in [2.45, 2.75) is 36.9 Å². The molecule has 1 aromatic heterocycles. The first-order valence-corrected chi connectivity index (χ1v) is 9.83. The van der Waals surface area contributed by atoms with Crippen LogP contribution in [0.15, 0.2) is 11.1 Å². The van der Waals surface area contributed by atoms with E-state index >= 15 is 0 Å². The molecule has 3 aliphatic heterocycles. The van der Waals surface area contributed by atoms with Gasteiger partial charge in [0.25, 0.3) is 0 Å². The lowest BCUT2D eigenvalue weighted by Gasteiger charge is -2.32. The number of ether oxygens (including phenoxy) is 1. The van der Waals surface area contributed by atoms with Gasteiger partial charge in [-0.05, 0) is 43.5 Å². The Labute approximate surface area is 155 Å². The van der Waals surface area contributed by atoms with E-state index in [9.17, 15) is 13.2 Å². The first-order valence-electron chi connectivity index (χ1n) is 9.05. The molecule has 2 atom stereocenters. The molecule has 144 valence electrons. The number of nitrogens with zero attached hydrogens (tertiary/aromatic N) is 4. The molecule has 0 bridgehead atoms. The summed E-state index contributed by atoms with van der Waals surface area (Å²) >= 11 is 1.49. The molecule has 0 aromatic carbocycles. The van der Waals surface area contributed by atoms with Crippen LogP contribution in [0.1, 0.15) is 24.4 Å². The van der Waals surface area contributed by atoms with E-state index in [4.69, 9.17) is 4.74 Å². The van der Waals surface area contributed by atoms with E-state index in [1.807, 2.05) is 0 Å². The minimum atomic E-state index is -4.49. The summed E-state index contributed by atoms with van der Waals surface area (Å²) in [5, 5.41) is 0. The van der Waals surface area contributed by atoms with Crippen molar-refractivity contribution < 1.29 is 17.9 Å². The smallest absolute Gasteiger partial charge is 0.381 e. The van der Waals surface area contributed by atoms with Crippen molar-refractivity contribution in [3.8, 4) is 0 Å². The number of likely N-dealkylation sites (tertiary alicyclic amines) is 1. The third-order valence-electron chi connectivity index (χ3n) is 5.60. The fourth-order valence-electron chi connectivity index (χ4n) is 4.23. The zero-order valence-corrected chi connectivity index (χ0v) is 15.5. The zero-order valence-electron chi connectivity index (χ0n) is 14.7. The van der Waals surface area contributed by atoms with Crippen LogP contribution in [0, 0.1) is 18.8 Å². The highest BCUT2D eigenvalue weighted by Crippen LogP contribution is 2.39. The Morgan fingerprint density at radius 2 is 1.77 bits per heavy atom. The second-order valence-corrected chi connectivity index (χ2v) is 8.54. The van der Waals surface area contributed by atoms with Gasteiger partial charge in [-0.3, -0.25) is 4.90 Å². The van der Waals surface area contributed by atoms with Gasteiger partial charge in [0.1, 0.15) is 0 Å². The largest absolute Gasteiger partial charge is 0.451 e. The van der Waals surface area contributed by atoms with Crippen molar-refractivity contribution in [3.05, 3.63) is 17.7 Å². The predicted octanol–water partition coefficient (Wildman–Crippen LogP) is 2.85. The summed E-state index contributed by atoms with van der Waals surface area (Å²) in [5.74, 6) is 0.215. The average molecular weight is 388 g/mol. The van der Waals surface area contributed by atoms with Gasteiger partial charge in [-0.15, -0.1) is 0 Å². The van der Waals surface area contributed by atoms with Gasteiger partial charge in [0.15, 0.2) is 0 Å². The van der Waals surface area contributed by atoms with E-state index in [1.54, 1.807) is 6.92 Å². The molecular formula is C17H23F3N4OS. The van der Waals surface area contributed by atoms with Gasteiger partial charge in [0.2, 0.25) is 5.82 Å². The van der Waals surface area contributed by atoms with E-state index < -0.39 is 12.0 Å². The summed E-state index contributed by atoms with van der Waals surface area (Å²) in [5.41, 5.74) is 0.387. The third-order valence-corrected chi connectivity index (χ3v) is 6.76. The number of hydrogen-bond donors (Lipinski definition) is 0. The molecule has 3 aliphatic rings. The molecule has 2 unspecified atom stereocenters. The van der Waals surface area contributed by atoms with E-state index in [2.05, 4.69) is 19.2 Å². The molecule has 0 spiro atoms. The van der Waals surface area contributed by atoms with Crippen LogP contribution in [0.3, 0.4) is 0 Å². The molecule has 0 aliphatic carbocycles. The van der Waals surface area contributed by atoms with Crippen LogP contribution in [0.2, 0.25) is 0 Å². The van der Waals surface area contributed by atoms with Gasteiger partial charge in [-0.2, -0.15) is 13.2 Å². The van der Waals surface area contributed by atoms with Gasteiger partial charge >= 0.3 is 6.18 Å². The molecular weight excluding hydrogens is 365 g/mol. The summed E-state index contributed by atoms with van der Waals surface area (Å²) in [6, 6.07) is 0.654. The molecule has 0 N–H and O–H groups in total. The Hall–Kier alpha value is -0.900. The van der Waals surface area contributed by atoms with Crippen molar-refractivity contribution in [1.82, 2.24) is 19.2 Å². The van der Waals surface area contributed by atoms with Crippen LogP contribution in [0.4, 0.5) is 13.2 Å². The SMILES string of the molecule is Cc1nc(C(F)(F)F)ncc1SN1CC2CN(C3CCOCC3)CC2C1. The molecule has 0 saturated carbocycles. The van der Waals surface area contributed by atoms with Crippen molar-refractivity contribution in [2.24, 2.45) is 11.8 Å². The lowest BCUT2D eigenvalue weighted by molar-refractivity contribution is -0.145. The number of hydrogen-bond acceptors (Lipinski definition) is 6. The molecule has 9 heteroatoms. The number of aromatic nitrogens is 2. The fourth-order valence-corrected chi connectivity index (χ4v) is 5.32. The van der Waals surface area contributed by atoms with E-state index in [0.717, 1.165) is 52.2 Å². The quantitative estimate of drug-likeness (QED) is 0.742. The summed E-state index contributed by atoms with van der Waals surface area (Å²) in [4.78, 5) is 10.4. The number of alkyl halides is 3. The van der Waals surface area contributed by atoms with Crippen LogP contribution < -0.4 is 0 Å². The Morgan fingerprint density at radius 3 is 2.35 bits per heavy atom.